The lowest BCUT2D eigenvalue weighted by molar-refractivity contribution is 1.21. The summed E-state index contributed by atoms with van der Waals surface area (Å²) in [6.07, 6.45) is 13.3. The van der Waals surface area contributed by atoms with Gasteiger partial charge in [0.1, 0.15) is 0 Å². The van der Waals surface area contributed by atoms with E-state index in [0.29, 0.717) is 0 Å². The third-order valence-corrected chi connectivity index (χ3v) is 3.00. The average molecular weight is 273 g/mol. The van der Waals surface area contributed by atoms with Crippen LogP contribution in [0.15, 0.2) is 11.6 Å². The lowest BCUT2D eigenvalue weighted by atomic mass is 10.2. The minimum atomic E-state index is 1.04. The quantitative estimate of drug-likeness (QED) is 0.810. The van der Waals surface area contributed by atoms with Crippen LogP contribution >= 0.6 is 0 Å². The molecule has 1 N–H and O–H groups in total. The molecule has 0 spiro atoms. The molecule has 1 aliphatic carbocycles. The Labute approximate surface area is 124 Å². The lowest BCUT2D eigenvalue weighted by Crippen LogP contribution is -2.37. The molecule has 0 radical (unpaired) electrons. The van der Waals surface area contributed by atoms with Crippen LogP contribution in [0.25, 0.3) is 24.3 Å². The van der Waals surface area contributed by atoms with E-state index in [-0.39, 0.29) is 0 Å². The van der Waals surface area contributed by atoms with Crippen LogP contribution in [0, 0.1) is 0 Å². The Morgan fingerprint density at radius 3 is 2.35 bits per heavy atom. The fourth-order valence-corrected chi connectivity index (χ4v) is 2.12. The number of rotatable bonds is 1. The van der Waals surface area contributed by atoms with Crippen LogP contribution in [0.4, 0.5) is 0 Å². The normalized spacial score (nSPS) is 14.4. The zero-order chi connectivity index (χ0) is 15.5. The van der Waals surface area contributed by atoms with Gasteiger partial charge in [0.2, 0.25) is 0 Å². The molecule has 0 saturated heterocycles. The van der Waals surface area contributed by atoms with Crippen molar-refractivity contribution in [2.24, 2.45) is 0 Å². The Kier molecular flexibility index (Phi) is 9.53. The number of hydrogen-bond acceptors (Lipinski definition) is 0. The van der Waals surface area contributed by atoms with Crippen LogP contribution < -0.4 is 21.1 Å². The van der Waals surface area contributed by atoms with Crippen LogP contribution in [0.1, 0.15) is 61.3 Å². The second kappa shape index (κ2) is 10.3. The minimum absolute atomic E-state index is 1.04. The Bertz CT molecular complexity index is 639. The standard InChI is InChI=1S/C15H19N.2C2H6/c1-4-6-12-13-9-7-11(3)8-10-15(13)16-14(12)5-2;2*1-2/h5-7,9-10,16H,4,8H2,1-3H3;2*1-2H3/b12-6-,14-5+;;. The highest BCUT2D eigenvalue weighted by molar-refractivity contribution is 5.48. The summed E-state index contributed by atoms with van der Waals surface area (Å²) in [7, 11) is 0. The van der Waals surface area contributed by atoms with Crippen LogP contribution in [0.5, 0.6) is 0 Å². The van der Waals surface area contributed by atoms with Crippen molar-refractivity contribution in [3.63, 3.8) is 0 Å². The van der Waals surface area contributed by atoms with Gasteiger partial charge in [-0.15, -0.1) is 0 Å². The van der Waals surface area contributed by atoms with Gasteiger partial charge in [-0.05, 0) is 26.7 Å². The molecule has 2 rings (SSSR count). The fraction of sp³-hybridized carbons (Fsp3) is 0.474. The molecule has 0 atom stereocenters. The van der Waals surface area contributed by atoms with Crippen molar-refractivity contribution in [2.75, 3.05) is 0 Å². The van der Waals surface area contributed by atoms with Crippen molar-refractivity contribution in [1.82, 2.24) is 4.98 Å². The third-order valence-electron chi connectivity index (χ3n) is 3.00. The number of hydrogen-bond donors (Lipinski definition) is 1. The number of H-pyrrole nitrogens is 1. The second-order valence-corrected chi connectivity index (χ2v) is 4.27. The Hall–Kier alpha value is -1.50. The highest BCUT2D eigenvalue weighted by Gasteiger charge is 1.97. The van der Waals surface area contributed by atoms with E-state index in [1.54, 1.807) is 0 Å². The van der Waals surface area contributed by atoms with Gasteiger partial charge in [-0.2, -0.15) is 0 Å². The van der Waals surface area contributed by atoms with Crippen LogP contribution in [-0.4, -0.2) is 4.98 Å². The maximum absolute atomic E-state index is 3.49. The smallest absolute Gasteiger partial charge is 0.0427 e. The van der Waals surface area contributed by atoms with Gasteiger partial charge in [-0.3, -0.25) is 0 Å². The molecular formula is C19H31N. The number of nitrogens with one attached hydrogen (secondary N) is 1. The fourth-order valence-electron chi connectivity index (χ4n) is 2.12. The first-order valence-electron chi connectivity index (χ1n) is 7.98. The largest absolute Gasteiger partial charge is 0.355 e. The summed E-state index contributed by atoms with van der Waals surface area (Å²) >= 11 is 0. The molecule has 1 aromatic heterocycles. The molecule has 0 aliphatic heterocycles. The molecule has 0 fully saturated rings. The number of aromatic amines is 1. The SMILES string of the molecule is C/C=c1/[nH]c2c(/c1=C/CC)=CC=C(C)CC=2.CC.CC. The molecule has 0 bridgehead atoms. The summed E-state index contributed by atoms with van der Waals surface area (Å²) in [5.74, 6) is 0. The molecule has 0 amide bonds. The Morgan fingerprint density at radius 1 is 1.15 bits per heavy atom. The van der Waals surface area contributed by atoms with Crippen LogP contribution in [0.2, 0.25) is 0 Å². The third kappa shape index (κ3) is 4.56. The molecule has 1 heteroatoms. The van der Waals surface area contributed by atoms with E-state index in [1.807, 2.05) is 27.7 Å². The van der Waals surface area contributed by atoms with E-state index in [9.17, 15) is 0 Å². The molecule has 0 unspecified atom stereocenters. The van der Waals surface area contributed by atoms with Gasteiger partial charge in [0.15, 0.2) is 0 Å². The van der Waals surface area contributed by atoms with Gasteiger partial charge >= 0.3 is 0 Å². The van der Waals surface area contributed by atoms with Gasteiger partial charge < -0.3 is 4.98 Å². The Morgan fingerprint density at radius 2 is 1.80 bits per heavy atom. The molecule has 1 nitrogen and oxygen atoms in total. The zero-order valence-corrected chi connectivity index (χ0v) is 14.3. The molecule has 0 aromatic carbocycles. The van der Waals surface area contributed by atoms with Gasteiger partial charge in [0, 0.05) is 21.1 Å². The summed E-state index contributed by atoms with van der Waals surface area (Å²) in [6, 6.07) is 0. The van der Waals surface area contributed by atoms with Gasteiger partial charge in [-0.1, -0.05) is 70.6 Å². The number of fused-ring (bicyclic) bond motifs is 1. The monoisotopic (exact) mass is 273 g/mol. The maximum Gasteiger partial charge on any atom is 0.0427 e. The van der Waals surface area contributed by atoms with Crippen molar-refractivity contribution < 1.29 is 0 Å². The highest BCUT2D eigenvalue weighted by Crippen LogP contribution is 2.00. The van der Waals surface area contributed by atoms with Gasteiger partial charge in [0.05, 0.1) is 0 Å². The topological polar surface area (TPSA) is 15.8 Å². The zero-order valence-electron chi connectivity index (χ0n) is 14.3. The van der Waals surface area contributed by atoms with Crippen molar-refractivity contribution >= 4 is 24.3 Å². The summed E-state index contributed by atoms with van der Waals surface area (Å²) in [5.41, 5.74) is 1.41. The van der Waals surface area contributed by atoms with Crippen molar-refractivity contribution in [3.05, 3.63) is 32.8 Å². The minimum Gasteiger partial charge on any atom is -0.355 e. The van der Waals surface area contributed by atoms with Gasteiger partial charge in [-0.25, -0.2) is 0 Å². The first kappa shape index (κ1) is 18.5. The predicted octanol–water partition coefficient (Wildman–Crippen LogP) is 2.97. The molecule has 1 aromatic rings. The van der Waals surface area contributed by atoms with Crippen molar-refractivity contribution in [3.8, 4) is 0 Å². The van der Waals surface area contributed by atoms with Crippen LogP contribution in [0.3, 0.4) is 0 Å². The van der Waals surface area contributed by atoms with Crippen molar-refractivity contribution in [1.29, 1.82) is 0 Å². The Balaban J connectivity index is 0.000000829. The summed E-state index contributed by atoms with van der Waals surface area (Å²) in [5, 5.41) is 5.20. The first-order valence-corrected chi connectivity index (χ1v) is 7.98. The van der Waals surface area contributed by atoms with E-state index < -0.39 is 0 Å². The van der Waals surface area contributed by atoms with E-state index >= 15 is 0 Å². The highest BCUT2D eigenvalue weighted by atomic mass is 14.7. The molecule has 1 heterocycles. The first-order chi connectivity index (χ1) is 9.76. The summed E-state index contributed by atoms with van der Waals surface area (Å²) in [4.78, 5) is 3.49. The number of allylic oxidation sites excluding steroid dienone is 2. The lowest BCUT2D eigenvalue weighted by Gasteiger charge is -1.88. The molecule has 112 valence electrons. The molecular weight excluding hydrogens is 242 g/mol. The maximum atomic E-state index is 3.49. The van der Waals surface area contributed by atoms with E-state index in [0.717, 1.165) is 12.8 Å². The number of aromatic nitrogens is 1. The van der Waals surface area contributed by atoms with E-state index in [1.165, 1.54) is 26.7 Å². The van der Waals surface area contributed by atoms with E-state index in [2.05, 4.69) is 56.1 Å². The van der Waals surface area contributed by atoms with Gasteiger partial charge in [0.25, 0.3) is 0 Å². The molecule has 20 heavy (non-hydrogen) atoms. The predicted molar refractivity (Wildman–Crippen MR) is 94.2 cm³/mol. The van der Waals surface area contributed by atoms with Crippen LogP contribution in [-0.2, 0) is 0 Å². The summed E-state index contributed by atoms with van der Waals surface area (Å²) < 4.78 is 0. The average Bonchev–Trinajstić information content (AvgIpc) is 2.73. The second-order valence-electron chi connectivity index (χ2n) is 4.27. The molecule has 0 saturated carbocycles. The van der Waals surface area contributed by atoms with E-state index in [4.69, 9.17) is 0 Å². The molecule has 1 aliphatic rings. The summed E-state index contributed by atoms with van der Waals surface area (Å²) in [6.45, 7) is 14.4. The van der Waals surface area contributed by atoms with Crippen molar-refractivity contribution in [2.45, 2.75) is 61.3 Å².